The van der Waals surface area contributed by atoms with Gasteiger partial charge in [0, 0.05) is 6.54 Å². The van der Waals surface area contributed by atoms with E-state index in [4.69, 9.17) is 9.47 Å². The molecule has 0 aliphatic carbocycles. The van der Waals surface area contributed by atoms with Crippen LogP contribution >= 0.6 is 0 Å². The molecule has 0 atom stereocenters. The van der Waals surface area contributed by atoms with Crippen molar-refractivity contribution in [3.05, 3.63) is 60.4 Å². The van der Waals surface area contributed by atoms with Gasteiger partial charge in [-0.05, 0) is 38.5 Å². The van der Waals surface area contributed by atoms with E-state index in [1.165, 1.54) is 0 Å². The fraction of sp³-hybridized carbons (Fsp3) is 0.353. The zero-order valence-electron chi connectivity index (χ0n) is 12.9. The number of benzene rings is 1. The molecule has 0 spiro atoms. The zero-order chi connectivity index (χ0) is 15.7. The normalized spacial score (nSPS) is 11.7. The predicted molar refractivity (Wildman–Crippen MR) is 83.7 cm³/mol. The third-order valence-electron chi connectivity index (χ3n) is 2.40. The van der Waals surface area contributed by atoms with Crippen LogP contribution < -0.4 is 5.32 Å². The van der Waals surface area contributed by atoms with Gasteiger partial charge in [0.25, 0.3) is 0 Å². The number of hydrogen-bond donors (Lipinski definition) is 1. The first-order valence-electron chi connectivity index (χ1n) is 6.87. The Morgan fingerprint density at radius 2 is 1.95 bits per heavy atom. The summed E-state index contributed by atoms with van der Waals surface area (Å²) in [5.74, 6) is 0.620. The summed E-state index contributed by atoms with van der Waals surface area (Å²) in [6.45, 7) is 9.94. The van der Waals surface area contributed by atoms with Crippen LogP contribution in [0.15, 0.2) is 54.8 Å². The second kappa shape index (κ2) is 8.15. The maximum absolute atomic E-state index is 11.5. The molecule has 0 heterocycles. The highest BCUT2D eigenvalue weighted by atomic mass is 16.6. The molecular formula is C17H23NO3. The van der Waals surface area contributed by atoms with Crippen molar-refractivity contribution in [2.24, 2.45) is 0 Å². The molecule has 0 aliphatic heterocycles. The fourth-order valence-electron chi connectivity index (χ4n) is 1.49. The van der Waals surface area contributed by atoms with Crippen molar-refractivity contribution in [3.63, 3.8) is 0 Å². The molecule has 0 aliphatic rings. The Bertz CT molecular complexity index is 487. The van der Waals surface area contributed by atoms with Crippen LogP contribution in [0.1, 0.15) is 26.3 Å². The highest BCUT2D eigenvalue weighted by molar-refractivity contribution is 5.67. The van der Waals surface area contributed by atoms with Gasteiger partial charge in [-0.2, -0.15) is 0 Å². The maximum atomic E-state index is 11.5. The molecule has 4 heteroatoms. The van der Waals surface area contributed by atoms with Crippen molar-refractivity contribution in [1.82, 2.24) is 5.32 Å². The van der Waals surface area contributed by atoms with Crippen LogP contribution in [0.5, 0.6) is 0 Å². The van der Waals surface area contributed by atoms with Crippen LogP contribution in [0.25, 0.3) is 0 Å². The number of carbonyl (C=O) groups excluding carboxylic acids is 1. The van der Waals surface area contributed by atoms with Crippen molar-refractivity contribution < 1.29 is 14.3 Å². The number of ether oxygens (including phenoxy) is 2. The van der Waals surface area contributed by atoms with Crippen molar-refractivity contribution in [2.75, 3.05) is 6.54 Å². The van der Waals surface area contributed by atoms with E-state index < -0.39 is 11.7 Å². The summed E-state index contributed by atoms with van der Waals surface area (Å²) in [6.07, 6.45) is 2.91. The molecule has 1 aromatic rings. The van der Waals surface area contributed by atoms with Gasteiger partial charge in [0.2, 0.25) is 0 Å². The molecule has 21 heavy (non-hydrogen) atoms. The van der Waals surface area contributed by atoms with Crippen molar-refractivity contribution >= 4 is 6.09 Å². The Morgan fingerprint density at radius 3 is 2.52 bits per heavy atom. The minimum atomic E-state index is -0.501. The van der Waals surface area contributed by atoms with Gasteiger partial charge in [0.15, 0.2) is 0 Å². The van der Waals surface area contributed by atoms with Crippen LogP contribution in [-0.2, 0) is 16.1 Å². The Labute approximate surface area is 126 Å². The van der Waals surface area contributed by atoms with Gasteiger partial charge < -0.3 is 14.8 Å². The van der Waals surface area contributed by atoms with Crippen LogP contribution in [-0.4, -0.2) is 18.2 Å². The quantitative estimate of drug-likeness (QED) is 0.640. The highest BCUT2D eigenvalue weighted by Gasteiger charge is 2.15. The summed E-state index contributed by atoms with van der Waals surface area (Å²) in [4.78, 5) is 11.5. The molecule has 1 rings (SSSR count). The first-order chi connectivity index (χ1) is 9.90. The first kappa shape index (κ1) is 16.8. The van der Waals surface area contributed by atoms with E-state index in [1.807, 2.05) is 51.1 Å². The van der Waals surface area contributed by atoms with Crippen LogP contribution in [0.2, 0.25) is 0 Å². The Kier molecular flexibility index (Phi) is 6.53. The number of hydrogen-bond acceptors (Lipinski definition) is 3. The number of rotatable bonds is 6. The molecule has 0 saturated heterocycles. The van der Waals surface area contributed by atoms with Crippen LogP contribution in [0, 0.1) is 0 Å². The van der Waals surface area contributed by atoms with Crippen LogP contribution in [0.4, 0.5) is 4.79 Å². The molecule has 1 amide bonds. The number of alkyl carbamates (subject to hydrolysis) is 1. The zero-order valence-corrected chi connectivity index (χ0v) is 12.9. The number of amides is 1. The second-order valence-electron chi connectivity index (χ2n) is 5.47. The van der Waals surface area contributed by atoms with Crippen molar-refractivity contribution in [3.8, 4) is 0 Å². The molecule has 1 aromatic carbocycles. The van der Waals surface area contributed by atoms with Gasteiger partial charge in [0.1, 0.15) is 18.0 Å². The van der Waals surface area contributed by atoms with Crippen molar-refractivity contribution in [1.29, 1.82) is 0 Å². The lowest BCUT2D eigenvalue weighted by Crippen LogP contribution is -2.32. The summed E-state index contributed by atoms with van der Waals surface area (Å²) in [7, 11) is 0. The maximum Gasteiger partial charge on any atom is 0.407 e. The van der Waals surface area contributed by atoms with Gasteiger partial charge >= 0.3 is 6.09 Å². The molecule has 0 saturated carbocycles. The lowest BCUT2D eigenvalue weighted by Gasteiger charge is -2.19. The molecule has 4 nitrogen and oxygen atoms in total. The van der Waals surface area contributed by atoms with E-state index in [-0.39, 0.29) is 0 Å². The summed E-state index contributed by atoms with van der Waals surface area (Å²) in [5.41, 5.74) is 0.573. The van der Waals surface area contributed by atoms with E-state index in [9.17, 15) is 4.79 Å². The van der Waals surface area contributed by atoms with Gasteiger partial charge in [-0.3, -0.25) is 0 Å². The summed E-state index contributed by atoms with van der Waals surface area (Å²) >= 11 is 0. The van der Waals surface area contributed by atoms with E-state index in [0.29, 0.717) is 18.9 Å². The van der Waals surface area contributed by atoms with Gasteiger partial charge in [-0.15, -0.1) is 0 Å². The highest BCUT2D eigenvalue weighted by Crippen LogP contribution is 2.07. The molecule has 0 unspecified atom stereocenters. The van der Waals surface area contributed by atoms with Gasteiger partial charge in [-0.1, -0.05) is 36.9 Å². The molecule has 0 fully saturated rings. The smallest absolute Gasteiger partial charge is 0.407 e. The minimum Gasteiger partial charge on any atom is -0.489 e. The largest absolute Gasteiger partial charge is 0.489 e. The lowest BCUT2D eigenvalue weighted by atomic mass is 10.2. The predicted octanol–water partition coefficient (Wildman–Crippen LogP) is 3.80. The van der Waals surface area contributed by atoms with E-state index in [2.05, 4.69) is 11.9 Å². The Hall–Kier alpha value is -2.23. The molecule has 0 bridgehead atoms. The average Bonchev–Trinajstić information content (AvgIpc) is 2.41. The monoisotopic (exact) mass is 289 g/mol. The van der Waals surface area contributed by atoms with Crippen molar-refractivity contribution in [2.45, 2.75) is 33.0 Å². The third kappa shape index (κ3) is 7.82. The molecule has 0 radical (unpaired) electrons. The molecule has 1 N–H and O–H groups in total. The summed E-state index contributed by atoms with van der Waals surface area (Å²) in [6, 6.07) is 9.85. The summed E-state index contributed by atoms with van der Waals surface area (Å²) in [5, 5.41) is 2.64. The first-order valence-corrected chi connectivity index (χ1v) is 6.87. The standard InChI is InChI=1S/C17H23NO3/c1-5-15(20-13-14-9-7-6-8-10-14)11-12-18-16(19)21-17(2,3)4/h5-11H,1,12-13H2,2-4H3,(H,18,19)/b15-11-. The average molecular weight is 289 g/mol. The van der Waals surface area contributed by atoms with Gasteiger partial charge in [0.05, 0.1) is 0 Å². The third-order valence-corrected chi connectivity index (χ3v) is 2.40. The number of nitrogens with one attached hydrogen (secondary N) is 1. The van der Waals surface area contributed by atoms with E-state index in [1.54, 1.807) is 12.2 Å². The number of carbonyl (C=O) groups is 1. The van der Waals surface area contributed by atoms with E-state index >= 15 is 0 Å². The van der Waals surface area contributed by atoms with Crippen LogP contribution in [0.3, 0.4) is 0 Å². The Morgan fingerprint density at radius 1 is 1.29 bits per heavy atom. The lowest BCUT2D eigenvalue weighted by molar-refractivity contribution is 0.0533. The topological polar surface area (TPSA) is 47.6 Å². The summed E-state index contributed by atoms with van der Waals surface area (Å²) < 4.78 is 10.7. The molecular weight excluding hydrogens is 266 g/mol. The molecule has 0 aromatic heterocycles. The minimum absolute atomic E-state index is 0.324. The SMILES string of the molecule is C=C/C(=C/CNC(=O)OC(C)(C)C)OCc1ccccc1. The number of allylic oxidation sites excluding steroid dienone is 1. The second-order valence-corrected chi connectivity index (χ2v) is 5.47. The van der Waals surface area contributed by atoms with E-state index in [0.717, 1.165) is 5.56 Å². The Balaban J connectivity index is 2.38. The fourth-order valence-corrected chi connectivity index (χ4v) is 1.49. The molecule has 114 valence electrons. The van der Waals surface area contributed by atoms with Gasteiger partial charge in [-0.25, -0.2) is 4.79 Å².